The quantitative estimate of drug-likeness (QED) is 0.785. The molecule has 0 saturated carbocycles. The minimum Gasteiger partial charge on any atom is -0.396 e. The molecular weight excluding hydrogens is 208 g/mol. The van der Waals surface area contributed by atoms with Gasteiger partial charge >= 0.3 is 0 Å². The third-order valence-corrected chi connectivity index (χ3v) is 3.43. The Morgan fingerprint density at radius 1 is 1.53 bits per heavy atom. The van der Waals surface area contributed by atoms with Crippen LogP contribution in [0.2, 0.25) is 0 Å². The summed E-state index contributed by atoms with van der Waals surface area (Å²) >= 11 is 1.74. The van der Waals surface area contributed by atoms with Crippen molar-refractivity contribution in [3.8, 4) is 0 Å². The third-order valence-electron chi connectivity index (χ3n) is 2.34. The first kappa shape index (κ1) is 12.6. The Morgan fingerprint density at radius 2 is 2.27 bits per heavy atom. The van der Waals surface area contributed by atoms with E-state index in [0.29, 0.717) is 12.1 Å². The molecular formula is C11H20N2OS. The van der Waals surface area contributed by atoms with Crippen LogP contribution in [0.15, 0.2) is 6.20 Å². The molecule has 1 rings (SSSR count). The van der Waals surface area contributed by atoms with E-state index in [9.17, 15) is 0 Å². The number of nitrogens with zero attached hydrogens (tertiary/aromatic N) is 1. The zero-order valence-electron chi connectivity index (χ0n) is 9.66. The summed E-state index contributed by atoms with van der Waals surface area (Å²) in [7, 11) is 0. The summed E-state index contributed by atoms with van der Waals surface area (Å²) in [4.78, 5) is 5.61. The minimum absolute atomic E-state index is 0.275. The number of aromatic nitrogens is 1. The molecule has 4 heteroatoms. The highest BCUT2D eigenvalue weighted by atomic mass is 32.1. The second-order valence-electron chi connectivity index (χ2n) is 3.96. The van der Waals surface area contributed by atoms with E-state index in [-0.39, 0.29) is 6.61 Å². The Balaban J connectivity index is 2.38. The fraction of sp³-hybridized carbons (Fsp3) is 0.727. The topological polar surface area (TPSA) is 45.2 Å². The van der Waals surface area contributed by atoms with E-state index in [1.807, 2.05) is 6.20 Å². The Hall–Kier alpha value is -0.450. The monoisotopic (exact) mass is 228 g/mol. The van der Waals surface area contributed by atoms with Crippen molar-refractivity contribution >= 4 is 11.3 Å². The van der Waals surface area contributed by atoms with Crippen molar-refractivity contribution in [2.24, 2.45) is 0 Å². The lowest BCUT2D eigenvalue weighted by Crippen LogP contribution is -2.29. The summed E-state index contributed by atoms with van der Waals surface area (Å²) in [6.07, 6.45) is 3.78. The van der Waals surface area contributed by atoms with Crippen LogP contribution in [0, 0.1) is 6.92 Å². The molecule has 0 aliphatic heterocycles. The number of hydrogen-bond acceptors (Lipinski definition) is 4. The van der Waals surface area contributed by atoms with Crippen molar-refractivity contribution < 1.29 is 5.11 Å². The van der Waals surface area contributed by atoms with Crippen molar-refractivity contribution in [3.05, 3.63) is 16.1 Å². The van der Waals surface area contributed by atoms with E-state index in [4.69, 9.17) is 5.11 Å². The molecule has 86 valence electrons. The van der Waals surface area contributed by atoms with Gasteiger partial charge in [0.2, 0.25) is 0 Å². The van der Waals surface area contributed by atoms with Crippen LogP contribution in [0.5, 0.6) is 0 Å². The molecule has 1 heterocycles. The van der Waals surface area contributed by atoms with Gasteiger partial charge in [-0.2, -0.15) is 0 Å². The highest BCUT2D eigenvalue weighted by Gasteiger charge is 2.11. The van der Waals surface area contributed by atoms with Gasteiger partial charge in [0.05, 0.1) is 6.04 Å². The number of thiazole rings is 1. The number of aliphatic hydroxyl groups excluding tert-OH is 1. The molecule has 3 nitrogen and oxygen atoms in total. The standard InChI is InChI=1S/C11H20N2OS/c1-8(5-4-6-14)13-10(3)11-12-7-9(2)15-11/h7-8,10,13-14H,4-6H2,1-3H3. The van der Waals surface area contributed by atoms with Gasteiger partial charge in [-0.25, -0.2) is 4.98 Å². The van der Waals surface area contributed by atoms with Crippen LogP contribution in [-0.2, 0) is 0 Å². The second-order valence-corrected chi connectivity index (χ2v) is 5.23. The first-order chi connectivity index (χ1) is 7.13. The normalized spacial score (nSPS) is 15.2. The summed E-state index contributed by atoms with van der Waals surface area (Å²) in [6.45, 7) is 6.63. The third kappa shape index (κ3) is 4.28. The molecule has 2 N–H and O–H groups in total. The lowest BCUT2D eigenvalue weighted by atomic mass is 10.1. The summed E-state index contributed by atoms with van der Waals surface area (Å²) in [5.74, 6) is 0. The maximum Gasteiger partial charge on any atom is 0.109 e. The van der Waals surface area contributed by atoms with Crippen molar-refractivity contribution in [2.45, 2.75) is 45.7 Å². The van der Waals surface area contributed by atoms with Gasteiger partial charge in [0.15, 0.2) is 0 Å². The van der Waals surface area contributed by atoms with Gasteiger partial charge in [0.25, 0.3) is 0 Å². The maximum atomic E-state index is 8.73. The molecule has 0 saturated heterocycles. The predicted molar refractivity (Wildman–Crippen MR) is 64.2 cm³/mol. The SMILES string of the molecule is Cc1cnc(C(C)NC(C)CCCO)s1. The molecule has 1 aromatic heterocycles. The van der Waals surface area contributed by atoms with Crippen molar-refractivity contribution in [1.29, 1.82) is 0 Å². The van der Waals surface area contributed by atoms with Crippen molar-refractivity contribution in [2.75, 3.05) is 6.61 Å². The van der Waals surface area contributed by atoms with Gasteiger partial charge in [-0.05, 0) is 33.6 Å². The molecule has 0 aliphatic rings. The lowest BCUT2D eigenvalue weighted by Gasteiger charge is -2.17. The van der Waals surface area contributed by atoms with Crippen molar-refractivity contribution in [3.63, 3.8) is 0 Å². The van der Waals surface area contributed by atoms with Crippen LogP contribution in [0.1, 0.15) is 42.6 Å². The zero-order valence-corrected chi connectivity index (χ0v) is 10.5. The van der Waals surface area contributed by atoms with Gasteiger partial charge in [-0.15, -0.1) is 11.3 Å². The van der Waals surface area contributed by atoms with E-state index in [1.54, 1.807) is 11.3 Å². The highest BCUT2D eigenvalue weighted by Crippen LogP contribution is 2.19. The summed E-state index contributed by atoms with van der Waals surface area (Å²) in [5.41, 5.74) is 0. The Bertz CT molecular complexity index is 288. The first-order valence-corrected chi connectivity index (χ1v) is 6.24. The smallest absolute Gasteiger partial charge is 0.109 e. The van der Waals surface area contributed by atoms with Crippen LogP contribution >= 0.6 is 11.3 Å². The average molecular weight is 228 g/mol. The van der Waals surface area contributed by atoms with E-state index < -0.39 is 0 Å². The van der Waals surface area contributed by atoms with Crippen molar-refractivity contribution in [1.82, 2.24) is 10.3 Å². The van der Waals surface area contributed by atoms with Gasteiger partial charge in [0, 0.05) is 23.7 Å². The van der Waals surface area contributed by atoms with Crippen LogP contribution < -0.4 is 5.32 Å². The molecule has 15 heavy (non-hydrogen) atoms. The van der Waals surface area contributed by atoms with E-state index in [2.05, 4.69) is 31.1 Å². The van der Waals surface area contributed by atoms with Crippen LogP contribution in [0.25, 0.3) is 0 Å². The number of hydrogen-bond donors (Lipinski definition) is 2. The molecule has 0 radical (unpaired) electrons. The molecule has 0 amide bonds. The average Bonchev–Trinajstić information content (AvgIpc) is 2.61. The zero-order chi connectivity index (χ0) is 11.3. The maximum absolute atomic E-state index is 8.73. The fourth-order valence-electron chi connectivity index (χ4n) is 1.55. The van der Waals surface area contributed by atoms with Gasteiger partial charge in [-0.3, -0.25) is 0 Å². The van der Waals surface area contributed by atoms with Gasteiger partial charge in [0.1, 0.15) is 5.01 Å². The molecule has 2 atom stereocenters. The van der Waals surface area contributed by atoms with Gasteiger partial charge < -0.3 is 10.4 Å². The van der Waals surface area contributed by atoms with Crippen LogP contribution in [-0.4, -0.2) is 22.7 Å². The molecule has 0 aliphatic carbocycles. The largest absolute Gasteiger partial charge is 0.396 e. The molecule has 0 spiro atoms. The van der Waals surface area contributed by atoms with Gasteiger partial charge in [-0.1, -0.05) is 0 Å². The minimum atomic E-state index is 0.275. The van der Waals surface area contributed by atoms with E-state index in [1.165, 1.54) is 4.88 Å². The number of nitrogens with one attached hydrogen (secondary N) is 1. The summed E-state index contributed by atoms with van der Waals surface area (Å²) in [5, 5.41) is 13.4. The predicted octanol–water partition coefficient (Wildman–Crippen LogP) is 2.26. The number of aliphatic hydroxyl groups is 1. The second kappa shape index (κ2) is 6.20. The van der Waals surface area contributed by atoms with Crippen LogP contribution in [0.3, 0.4) is 0 Å². The highest BCUT2D eigenvalue weighted by molar-refractivity contribution is 7.11. The van der Waals surface area contributed by atoms with Crippen LogP contribution in [0.4, 0.5) is 0 Å². The van der Waals surface area contributed by atoms with E-state index in [0.717, 1.165) is 17.8 Å². The molecule has 2 unspecified atom stereocenters. The Morgan fingerprint density at radius 3 is 2.80 bits per heavy atom. The Labute approximate surface area is 95.6 Å². The number of aryl methyl sites for hydroxylation is 1. The molecule has 1 aromatic rings. The first-order valence-electron chi connectivity index (χ1n) is 5.42. The Kier molecular flexibility index (Phi) is 5.22. The molecule has 0 aromatic carbocycles. The summed E-state index contributed by atoms with van der Waals surface area (Å²) < 4.78 is 0. The number of rotatable bonds is 6. The fourth-order valence-corrected chi connectivity index (χ4v) is 2.34. The lowest BCUT2D eigenvalue weighted by molar-refractivity contribution is 0.274. The molecule has 0 fully saturated rings. The summed E-state index contributed by atoms with van der Waals surface area (Å²) in [6, 6.07) is 0.730. The molecule has 0 bridgehead atoms. The van der Waals surface area contributed by atoms with E-state index >= 15 is 0 Å².